The highest BCUT2D eigenvalue weighted by atomic mass is 16.4. The van der Waals surface area contributed by atoms with Gasteiger partial charge in [0.15, 0.2) is 0 Å². The van der Waals surface area contributed by atoms with Gasteiger partial charge in [0, 0.05) is 16.7 Å². The number of carbonyl (C=O) groups is 2. The van der Waals surface area contributed by atoms with Gasteiger partial charge in [0.2, 0.25) is 0 Å². The van der Waals surface area contributed by atoms with E-state index in [9.17, 15) is 14.7 Å². The molecular weight excluding hydrogens is 328 g/mol. The molecule has 0 fully saturated rings. The number of imidazole rings is 1. The highest BCUT2D eigenvalue weighted by Crippen LogP contribution is 2.26. The lowest BCUT2D eigenvalue weighted by atomic mass is 10.1. The molecule has 1 aromatic heterocycles. The maximum atomic E-state index is 13.3. The number of hydrogen-bond acceptors (Lipinski definition) is 4. The second-order valence-corrected chi connectivity index (χ2v) is 5.76. The fraction of sp³-hybridized carbons (Fsp3) is 0. The Hall–Kier alpha value is -3.73. The summed E-state index contributed by atoms with van der Waals surface area (Å²) in [6.45, 7) is 0. The molecule has 0 bridgehead atoms. The molecule has 0 aliphatic carbocycles. The number of rotatable bonds is 3. The van der Waals surface area contributed by atoms with Crippen molar-refractivity contribution in [3.8, 4) is 11.4 Å². The van der Waals surface area contributed by atoms with Gasteiger partial charge in [-0.2, -0.15) is 0 Å². The Morgan fingerprint density at radius 2 is 1.38 bits per heavy atom. The molecule has 4 aromatic rings. The van der Waals surface area contributed by atoms with Gasteiger partial charge in [0.25, 0.3) is 5.91 Å². The van der Waals surface area contributed by atoms with Gasteiger partial charge in [-0.3, -0.25) is 9.36 Å². The Morgan fingerprint density at radius 1 is 0.769 bits per heavy atom. The molecule has 3 aromatic carbocycles. The van der Waals surface area contributed by atoms with E-state index in [1.807, 2.05) is 48.5 Å². The molecule has 0 saturated carbocycles. The van der Waals surface area contributed by atoms with Crippen LogP contribution in [0.4, 0.5) is 0 Å². The second kappa shape index (κ2) is 6.29. The van der Waals surface area contributed by atoms with Gasteiger partial charge in [-0.05, 0) is 18.2 Å². The first kappa shape index (κ1) is 15.8. The van der Waals surface area contributed by atoms with Gasteiger partial charge >= 0.3 is 0 Å². The maximum Gasteiger partial charge on any atom is 0.264 e. The summed E-state index contributed by atoms with van der Waals surface area (Å²) in [7, 11) is 0. The first-order valence-electron chi connectivity index (χ1n) is 8.05. The largest absolute Gasteiger partial charge is 0.545 e. The zero-order chi connectivity index (χ0) is 18.1. The Bertz CT molecular complexity index is 1130. The third kappa shape index (κ3) is 2.56. The van der Waals surface area contributed by atoms with Crippen LogP contribution in [0, 0.1) is 0 Å². The molecule has 0 amide bonds. The van der Waals surface area contributed by atoms with E-state index >= 15 is 0 Å². The van der Waals surface area contributed by atoms with Crippen molar-refractivity contribution in [2.75, 3.05) is 0 Å². The Balaban J connectivity index is 2.00. The molecule has 4 rings (SSSR count). The van der Waals surface area contributed by atoms with Crippen molar-refractivity contribution in [1.82, 2.24) is 9.55 Å². The van der Waals surface area contributed by atoms with E-state index in [4.69, 9.17) is 0 Å². The molecule has 0 N–H and O–H groups in total. The number of fused-ring (bicyclic) bond motifs is 1. The molecule has 26 heavy (non-hydrogen) atoms. The number of hydrogen-bond donors (Lipinski definition) is 0. The quantitative estimate of drug-likeness (QED) is 0.574. The van der Waals surface area contributed by atoms with Crippen molar-refractivity contribution in [2.24, 2.45) is 0 Å². The molecule has 126 valence electrons. The van der Waals surface area contributed by atoms with E-state index < -0.39 is 11.9 Å². The lowest BCUT2D eigenvalue weighted by Crippen LogP contribution is -2.26. The average molecular weight is 341 g/mol. The number of carboxylic acid groups (broad SMARTS) is 1. The van der Waals surface area contributed by atoms with E-state index in [2.05, 4.69) is 4.98 Å². The molecule has 0 aliphatic rings. The van der Waals surface area contributed by atoms with Crippen LogP contribution in [0.25, 0.3) is 22.4 Å². The normalized spacial score (nSPS) is 10.8. The summed E-state index contributed by atoms with van der Waals surface area (Å²) in [6, 6.07) is 22.6. The fourth-order valence-corrected chi connectivity index (χ4v) is 2.98. The van der Waals surface area contributed by atoms with Crippen molar-refractivity contribution in [1.29, 1.82) is 0 Å². The van der Waals surface area contributed by atoms with Crippen LogP contribution in [0.2, 0.25) is 0 Å². The summed E-state index contributed by atoms with van der Waals surface area (Å²) in [5, 5.41) is 11.4. The Morgan fingerprint density at radius 3 is 2.12 bits per heavy atom. The van der Waals surface area contributed by atoms with Crippen molar-refractivity contribution in [2.45, 2.75) is 0 Å². The number of aromatic carboxylic acids is 1. The van der Waals surface area contributed by atoms with E-state index in [0.29, 0.717) is 16.9 Å². The van der Waals surface area contributed by atoms with Crippen LogP contribution < -0.4 is 5.11 Å². The molecule has 1 heterocycles. The molecule has 0 radical (unpaired) electrons. The zero-order valence-corrected chi connectivity index (χ0v) is 13.6. The van der Waals surface area contributed by atoms with Gasteiger partial charge < -0.3 is 9.90 Å². The van der Waals surface area contributed by atoms with Gasteiger partial charge in [0.05, 0.1) is 17.0 Å². The first-order chi connectivity index (χ1) is 12.7. The predicted molar refractivity (Wildman–Crippen MR) is 95.7 cm³/mol. The monoisotopic (exact) mass is 341 g/mol. The number of aromatic nitrogens is 2. The van der Waals surface area contributed by atoms with Gasteiger partial charge in [-0.25, -0.2) is 4.98 Å². The maximum absolute atomic E-state index is 13.3. The summed E-state index contributed by atoms with van der Waals surface area (Å²) in [4.78, 5) is 29.3. The summed E-state index contributed by atoms with van der Waals surface area (Å²) in [5.74, 6) is -1.39. The minimum Gasteiger partial charge on any atom is -0.545 e. The topological polar surface area (TPSA) is 75.0 Å². The van der Waals surface area contributed by atoms with Crippen LogP contribution in [0.3, 0.4) is 0 Å². The number of benzene rings is 3. The third-order valence-electron chi connectivity index (χ3n) is 4.17. The van der Waals surface area contributed by atoms with Crippen LogP contribution in [0.1, 0.15) is 20.7 Å². The van der Waals surface area contributed by atoms with Crippen molar-refractivity contribution < 1.29 is 14.7 Å². The fourth-order valence-electron chi connectivity index (χ4n) is 2.98. The Kier molecular flexibility index (Phi) is 3.82. The smallest absolute Gasteiger partial charge is 0.264 e. The molecule has 0 spiro atoms. The summed E-state index contributed by atoms with van der Waals surface area (Å²) < 4.78 is 1.45. The van der Waals surface area contributed by atoms with Crippen LogP contribution in [-0.2, 0) is 0 Å². The van der Waals surface area contributed by atoms with Crippen LogP contribution in [-0.4, -0.2) is 21.4 Å². The first-order valence-corrected chi connectivity index (χ1v) is 8.05. The lowest BCUT2D eigenvalue weighted by Gasteiger charge is -2.12. The Labute approximate surface area is 149 Å². The van der Waals surface area contributed by atoms with Crippen LogP contribution in [0.15, 0.2) is 78.9 Å². The van der Waals surface area contributed by atoms with Crippen molar-refractivity contribution in [3.63, 3.8) is 0 Å². The number of carboxylic acids is 1. The van der Waals surface area contributed by atoms with Gasteiger partial charge in [-0.15, -0.1) is 0 Å². The van der Waals surface area contributed by atoms with E-state index in [1.165, 1.54) is 16.7 Å². The number of carbonyl (C=O) groups excluding carboxylic acids is 2. The molecular formula is C21H13N2O3-. The highest BCUT2D eigenvalue weighted by Gasteiger charge is 2.21. The minimum absolute atomic E-state index is 0.0628. The molecule has 0 unspecified atom stereocenters. The number of para-hydroxylation sites is 2. The summed E-state index contributed by atoms with van der Waals surface area (Å²) in [5.41, 5.74) is 1.96. The molecule has 0 saturated heterocycles. The van der Waals surface area contributed by atoms with Gasteiger partial charge in [0.1, 0.15) is 5.82 Å². The van der Waals surface area contributed by atoms with E-state index in [1.54, 1.807) is 18.2 Å². The molecule has 0 atom stereocenters. The molecule has 5 heteroatoms. The van der Waals surface area contributed by atoms with E-state index in [-0.39, 0.29) is 11.1 Å². The third-order valence-corrected chi connectivity index (χ3v) is 4.17. The van der Waals surface area contributed by atoms with Crippen LogP contribution >= 0.6 is 0 Å². The SMILES string of the molecule is O=C([O-])c1ccccc1C(=O)n1c(-c2ccccc2)nc2ccccc21. The summed E-state index contributed by atoms with van der Waals surface area (Å²) >= 11 is 0. The minimum atomic E-state index is -1.39. The van der Waals surface area contributed by atoms with E-state index in [0.717, 1.165) is 5.56 Å². The highest BCUT2D eigenvalue weighted by molar-refractivity contribution is 6.09. The summed E-state index contributed by atoms with van der Waals surface area (Å²) in [6.07, 6.45) is 0. The molecule has 5 nitrogen and oxygen atoms in total. The predicted octanol–water partition coefficient (Wildman–Crippen LogP) is 2.76. The standard InChI is InChI=1S/C21H14N2O3/c24-20(15-10-4-5-11-16(15)21(25)26)23-18-13-7-6-12-17(18)22-19(23)14-8-2-1-3-9-14/h1-13H,(H,25,26)/p-1. The van der Waals surface area contributed by atoms with Crippen molar-refractivity contribution in [3.05, 3.63) is 90.0 Å². The van der Waals surface area contributed by atoms with Crippen LogP contribution in [0.5, 0.6) is 0 Å². The molecule has 0 aliphatic heterocycles. The lowest BCUT2D eigenvalue weighted by molar-refractivity contribution is -0.255. The second-order valence-electron chi connectivity index (χ2n) is 5.76. The van der Waals surface area contributed by atoms with Gasteiger partial charge in [-0.1, -0.05) is 60.7 Å². The zero-order valence-electron chi connectivity index (χ0n) is 13.6. The van der Waals surface area contributed by atoms with Crippen molar-refractivity contribution >= 4 is 22.9 Å². The average Bonchev–Trinajstić information content (AvgIpc) is 3.07. The number of nitrogens with zero attached hydrogens (tertiary/aromatic N) is 2.